The third-order valence-electron chi connectivity index (χ3n) is 4.24. The second-order valence-corrected chi connectivity index (χ2v) is 5.67. The number of hydrogen-bond donors (Lipinski definition) is 6. The molecule has 1 saturated heterocycles. The second-order valence-electron chi connectivity index (χ2n) is 5.67. The van der Waals surface area contributed by atoms with Gasteiger partial charge in [-0.2, -0.15) is 4.98 Å². The summed E-state index contributed by atoms with van der Waals surface area (Å²) in [6.07, 6.45) is -6.44. The smallest absolute Gasteiger partial charge is 0.285 e. The SMILES string of the molecule is O=c1c2ncn([C@@H]3O[C@H](CO)[C@@H](O)[C@H]3O)c2nc2n1C(O)C(O)N2. The normalized spacial score (nSPS) is 35.4. The van der Waals surface area contributed by atoms with Gasteiger partial charge in [-0.25, -0.2) is 9.55 Å². The van der Waals surface area contributed by atoms with Gasteiger partial charge in [0.05, 0.1) is 12.9 Å². The summed E-state index contributed by atoms with van der Waals surface area (Å²) in [5.41, 5.74) is -0.752. The van der Waals surface area contributed by atoms with Crippen molar-refractivity contribution >= 4 is 17.1 Å². The van der Waals surface area contributed by atoms with Gasteiger partial charge in [0.25, 0.3) is 5.56 Å². The Labute approximate surface area is 133 Å². The van der Waals surface area contributed by atoms with Gasteiger partial charge in [-0.1, -0.05) is 0 Å². The number of hydrogen-bond acceptors (Lipinski definition) is 10. The van der Waals surface area contributed by atoms with E-state index >= 15 is 0 Å². The Morgan fingerprint density at radius 2 is 2.00 bits per heavy atom. The number of ether oxygens (including phenoxy) is 1. The van der Waals surface area contributed by atoms with Gasteiger partial charge < -0.3 is 35.6 Å². The zero-order valence-electron chi connectivity index (χ0n) is 12.1. The highest BCUT2D eigenvalue weighted by atomic mass is 16.6. The van der Waals surface area contributed by atoms with Crippen molar-refractivity contribution in [2.24, 2.45) is 0 Å². The maximum absolute atomic E-state index is 12.4. The van der Waals surface area contributed by atoms with E-state index in [4.69, 9.17) is 9.84 Å². The Hall–Kier alpha value is -2.09. The highest BCUT2D eigenvalue weighted by Crippen LogP contribution is 2.31. The second kappa shape index (κ2) is 5.20. The lowest BCUT2D eigenvalue weighted by Crippen LogP contribution is -2.33. The minimum atomic E-state index is -1.50. The van der Waals surface area contributed by atoms with E-state index in [0.717, 1.165) is 4.57 Å². The number of nitrogens with zero attached hydrogens (tertiary/aromatic N) is 4. The number of anilines is 1. The summed E-state index contributed by atoms with van der Waals surface area (Å²) in [6.45, 7) is -0.493. The van der Waals surface area contributed by atoms with Crippen molar-refractivity contribution in [3.63, 3.8) is 0 Å². The first kappa shape index (κ1) is 15.4. The topological polar surface area (TPSA) is 175 Å². The maximum atomic E-state index is 12.4. The van der Waals surface area contributed by atoms with Crippen LogP contribution < -0.4 is 10.9 Å². The number of aliphatic hydroxyl groups excluding tert-OH is 5. The summed E-state index contributed by atoms with van der Waals surface area (Å²) in [4.78, 5) is 20.5. The van der Waals surface area contributed by atoms with Crippen LogP contribution >= 0.6 is 0 Å². The van der Waals surface area contributed by atoms with Gasteiger partial charge in [-0.3, -0.25) is 9.36 Å². The van der Waals surface area contributed by atoms with Crippen molar-refractivity contribution in [1.82, 2.24) is 19.1 Å². The van der Waals surface area contributed by atoms with Crippen LogP contribution in [0.15, 0.2) is 11.1 Å². The van der Waals surface area contributed by atoms with Crippen molar-refractivity contribution in [3.05, 3.63) is 16.7 Å². The first-order valence-electron chi connectivity index (χ1n) is 7.18. The van der Waals surface area contributed by atoms with Gasteiger partial charge in [-0.05, 0) is 0 Å². The molecule has 2 aliphatic heterocycles. The van der Waals surface area contributed by atoms with E-state index in [-0.39, 0.29) is 17.1 Å². The molecule has 2 aliphatic rings. The summed E-state index contributed by atoms with van der Waals surface area (Å²) in [7, 11) is 0. The molecule has 0 aliphatic carbocycles. The maximum Gasteiger partial charge on any atom is 0.285 e. The van der Waals surface area contributed by atoms with Gasteiger partial charge in [0.15, 0.2) is 29.8 Å². The molecular formula is C12H15N5O7. The van der Waals surface area contributed by atoms with Crippen LogP contribution in [0.5, 0.6) is 0 Å². The predicted molar refractivity (Wildman–Crippen MR) is 75.7 cm³/mol. The van der Waals surface area contributed by atoms with E-state index < -0.39 is 49.2 Å². The van der Waals surface area contributed by atoms with Crippen molar-refractivity contribution in [2.45, 2.75) is 37.0 Å². The molecule has 2 aromatic rings. The van der Waals surface area contributed by atoms with Crippen molar-refractivity contribution in [1.29, 1.82) is 0 Å². The molecule has 12 nitrogen and oxygen atoms in total. The molecule has 0 amide bonds. The highest BCUT2D eigenvalue weighted by molar-refractivity contribution is 5.71. The lowest BCUT2D eigenvalue weighted by molar-refractivity contribution is -0.0511. The molecule has 2 aromatic heterocycles. The largest absolute Gasteiger partial charge is 0.394 e. The van der Waals surface area contributed by atoms with Crippen LogP contribution in [0.3, 0.4) is 0 Å². The molecule has 12 heteroatoms. The molecule has 4 rings (SSSR count). The molecule has 0 saturated carbocycles. The van der Waals surface area contributed by atoms with Crippen LogP contribution in [0.2, 0.25) is 0 Å². The van der Waals surface area contributed by atoms with Gasteiger partial charge in [0, 0.05) is 0 Å². The van der Waals surface area contributed by atoms with Crippen molar-refractivity contribution in [2.75, 3.05) is 11.9 Å². The van der Waals surface area contributed by atoms with Gasteiger partial charge >= 0.3 is 0 Å². The van der Waals surface area contributed by atoms with Crippen molar-refractivity contribution < 1.29 is 30.3 Å². The number of aromatic nitrogens is 4. The lowest BCUT2D eigenvalue weighted by atomic mass is 10.1. The summed E-state index contributed by atoms with van der Waals surface area (Å²) >= 11 is 0. The number of imidazole rings is 1. The highest BCUT2D eigenvalue weighted by Gasteiger charge is 2.44. The first-order chi connectivity index (χ1) is 11.4. The molecule has 130 valence electrons. The van der Waals surface area contributed by atoms with E-state index in [1.54, 1.807) is 0 Å². The van der Waals surface area contributed by atoms with Gasteiger partial charge in [0.2, 0.25) is 5.95 Å². The van der Waals surface area contributed by atoms with Crippen LogP contribution in [-0.2, 0) is 4.74 Å². The quantitative estimate of drug-likeness (QED) is 0.320. The Bertz CT molecular complexity index is 850. The van der Waals surface area contributed by atoms with E-state index in [9.17, 15) is 25.2 Å². The molecule has 1 fully saturated rings. The Morgan fingerprint density at radius 1 is 1.25 bits per heavy atom. The molecule has 0 aromatic carbocycles. The number of aliphatic hydroxyl groups is 5. The molecule has 6 atom stereocenters. The number of nitrogens with one attached hydrogen (secondary N) is 1. The standard InChI is InChI=1S/C12H15N5O7/c18-1-3-5(19)6(20)11(24-3)16-2-13-4-7(16)14-12-15-8(21)10(23)17(12)9(4)22/h2-3,5-6,8,10-11,18-21,23H,1H2,(H,14,15)/t3-,5-,6-,8?,10?,11-/m1/s1. The first-order valence-corrected chi connectivity index (χ1v) is 7.18. The van der Waals surface area contributed by atoms with Crippen molar-refractivity contribution in [3.8, 4) is 0 Å². The third-order valence-corrected chi connectivity index (χ3v) is 4.24. The van der Waals surface area contributed by atoms with Crippen LogP contribution in [0.25, 0.3) is 11.2 Å². The fourth-order valence-corrected chi connectivity index (χ4v) is 2.97. The zero-order valence-corrected chi connectivity index (χ0v) is 12.1. The Kier molecular flexibility index (Phi) is 3.35. The van der Waals surface area contributed by atoms with Gasteiger partial charge in [-0.15, -0.1) is 0 Å². The van der Waals surface area contributed by atoms with E-state index in [2.05, 4.69) is 15.3 Å². The van der Waals surface area contributed by atoms with E-state index in [0.29, 0.717) is 0 Å². The molecule has 0 radical (unpaired) electrons. The summed E-state index contributed by atoms with van der Waals surface area (Å²) < 4.78 is 7.51. The van der Waals surface area contributed by atoms with E-state index in [1.165, 1.54) is 10.9 Å². The average molecular weight is 341 g/mol. The molecule has 0 bridgehead atoms. The van der Waals surface area contributed by atoms with Crippen LogP contribution in [-0.4, -0.2) is 75.8 Å². The summed E-state index contributed by atoms with van der Waals surface area (Å²) in [5, 5.41) is 50.9. The molecular weight excluding hydrogens is 326 g/mol. The minimum absolute atomic E-state index is 0.0369. The Morgan fingerprint density at radius 3 is 2.67 bits per heavy atom. The molecule has 4 heterocycles. The summed E-state index contributed by atoms with van der Waals surface area (Å²) in [5.74, 6) is -0.0685. The molecule has 6 N–H and O–H groups in total. The Balaban J connectivity index is 1.84. The van der Waals surface area contributed by atoms with E-state index in [1.807, 2.05) is 0 Å². The molecule has 0 spiro atoms. The predicted octanol–water partition coefficient (Wildman–Crippen LogP) is -3.56. The minimum Gasteiger partial charge on any atom is -0.394 e. The molecule has 24 heavy (non-hydrogen) atoms. The van der Waals surface area contributed by atoms with Gasteiger partial charge in [0.1, 0.15) is 18.3 Å². The fourth-order valence-electron chi connectivity index (χ4n) is 2.97. The average Bonchev–Trinajstić information content (AvgIpc) is 3.18. The van der Waals surface area contributed by atoms with Crippen LogP contribution in [0.4, 0.5) is 5.95 Å². The lowest BCUT2D eigenvalue weighted by Gasteiger charge is -2.16. The molecule has 2 unspecified atom stereocenters. The number of fused-ring (bicyclic) bond motifs is 2. The summed E-state index contributed by atoms with van der Waals surface area (Å²) in [6, 6.07) is 0. The van der Waals surface area contributed by atoms with Crippen LogP contribution in [0, 0.1) is 0 Å². The zero-order chi connectivity index (χ0) is 17.2. The third kappa shape index (κ3) is 1.92. The fraction of sp³-hybridized carbons (Fsp3) is 0.583. The van der Waals surface area contributed by atoms with Crippen LogP contribution in [0.1, 0.15) is 12.5 Å². The monoisotopic (exact) mass is 341 g/mol. The number of rotatable bonds is 2.